The lowest BCUT2D eigenvalue weighted by Crippen LogP contribution is -2.16. The Bertz CT molecular complexity index is 80.1. The average molecular weight is 121 g/mol. The van der Waals surface area contributed by atoms with Crippen molar-refractivity contribution in [1.29, 1.82) is 0 Å². The van der Waals surface area contributed by atoms with Gasteiger partial charge in [0.2, 0.25) is 0 Å². The van der Waals surface area contributed by atoms with Crippen molar-refractivity contribution < 1.29 is 4.48 Å². The quantitative estimate of drug-likeness (QED) is 0.271. The molecule has 1 aliphatic heterocycles. The topological polar surface area (TPSA) is 0 Å². The zero-order chi connectivity index (χ0) is 5.49. The molecule has 1 rings (SSSR count). The molecule has 1 fully saturated rings. The molecule has 0 amide bonds. The van der Waals surface area contributed by atoms with E-state index in [9.17, 15) is 0 Å². The van der Waals surface area contributed by atoms with Gasteiger partial charge in [-0.3, -0.25) is 0 Å². The van der Waals surface area contributed by atoms with Crippen molar-refractivity contribution in [3.8, 4) is 0 Å². The first-order valence-electron chi connectivity index (χ1n) is 2.55. The first kappa shape index (κ1) is 5.39. The Morgan fingerprint density at radius 3 is 2.14 bits per heavy atom. The molecule has 2 heteroatoms. The number of nitrogens with zero attached hydrogens (tertiary/aromatic N) is 1. The molecule has 0 bridgehead atoms. The van der Waals surface area contributed by atoms with Crippen LogP contribution in [0.4, 0.5) is 0 Å². The van der Waals surface area contributed by atoms with E-state index in [2.05, 4.69) is 14.1 Å². The normalized spacial score (nSPS) is 35.6. The lowest BCUT2D eigenvalue weighted by Gasteiger charge is -2.01. The Kier molecular flexibility index (Phi) is 1.05. The van der Waals surface area contributed by atoms with Crippen LogP contribution in [0.5, 0.6) is 0 Å². The molecular formula is C5H11ClN+. The molecule has 1 saturated heterocycles. The van der Waals surface area contributed by atoms with Gasteiger partial charge in [-0.15, -0.1) is 11.6 Å². The molecule has 0 aromatic heterocycles. The van der Waals surface area contributed by atoms with E-state index in [4.69, 9.17) is 11.6 Å². The van der Waals surface area contributed by atoms with Crippen LogP contribution in [0.25, 0.3) is 0 Å². The molecule has 0 aromatic carbocycles. The summed E-state index contributed by atoms with van der Waals surface area (Å²) >= 11 is 5.57. The molecular weight excluding hydrogens is 110 g/mol. The van der Waals surface area contributed by atoms with E-state index in [0.717, 1.165) is 16.4 Å². The molecule has 0 radical (unpaired) electrons. The Hall–Kier alpha value is 0.250. The maximum Gasteiger partial charge on any atom is 0.152 e. The predicted octanol–water partition coefficient (Wildman–Crippen LogP) is 0.684. The number of halogens is 1. The minimum absolute atomic E-state index is 0.752. The summed E-state index contributed by atoms with van der Waals surface area (Å²) in [6.45, 7) is 1.27. The van der Waals surface area contributed by atoms with Crippen LogP contribution in [0.3, 0.4) is 0 Å². The third kappa shape index (κ3) is 0.892. The van der Waals surface area contributed by atoms with E-state index in [-0.39, 0.29) is 0 Å². The van der Waals surface area contributed by atoms with E-state index in [1.165, 1.54) is 6.54 Å². The lowest BCUT2D eigenvalue weighted by atomic mass is 10.6. The fourth-order valence-electron chi connectivity index (χ4n) is 0.732. The lowest BCUT2D eigenvalue weighted by molar-refractivity contribution is -0.767. The molecule has 1 aliphatic rings. The van der Waals surface area contributed by atoms with Crippen LogP contribution in [-0.2, 0) is 0 Å². The third-order valence-electron chi connectivity index (χ3n) is 1.71. The highest BCUT2D eigenvalue weighted by Crippen LogP contribution is 2.24. The van der Waals surface area contributed by atoms with Crippen molar-refractivity contribution in [2.45, 2.75) is 6.04 Å². The summed E-state index contributed by atoms with van der Waals surface area (Å²) in [4.78, 5) is 0. The van der Waals surface area contributed by atoms with Crippen LogP contribution in [0.2, 0.25) is 0 Å². The van der Waals surface area contributed by atoms with Gasteiger partial charge in [-0.05, 0) is 0 Å². The minimum Gasteiger partial charge on any atom is -0.315 e. The van der Waals surface area contributed by atoms with Gasteiger partial charge in [0.15, 0.2) is 6.04 Å². The molecule has 1 atom stereocenters. The summed E-state index contributed by atoms with van der Waals surface area (Å²) in [5, 5.41) is 0. The molecule has 0 spiro atoms. The van der Waals surface area contributed by atoms with Crippen molar-refractivity contribution in [3.63, 3.8) is 0 Å². The largest absolute Gasteiger partial charge is 0.315 e. The average Bonchev–Trinajstić information content (AvgIpc) is 2.13. The Morgan fingerprint density at radius 1 is 1.71 bits per heavy atom. The van der Waals surface area contributed by atoms with E-state index in [0.29, 0.717) is 0 Å². The summed E-state index contributed by atoms with van der Waals surface area (Å²) in [6, 6.07) is 0.752. The third-order valence-corrected chi connectivity index (χ3v) is 2.07. The Labute approximate surface area is 49.5 Å². The summed E-state index contributed by atoms with van der Waals surface area (Å²) in [6.07, 6.45) is 0. The number of hydrogen-bond acceptors (Lipinski definition) is 0. The fourth-order valence-corrected chi connectivity index (χ4v) is 1.20. The molecule has 1 heterocycles. The first-order chi connectivity index (χ1) is 3.17. The van der Waals surface area contributed by atoms with E-state index in [1.807, 2.05) is 0 Å². The highest BCUT2D eigenvalue weighted by Gasteiger charge is 2.46. The van der Waals surface area contributed by atoms with Crippen LogP contribution in [0.15, 0.2) is 0 Å². The van der Waals surface area contributed by atoms with Crippen molar-refractivity contribution in [2.75, 3.05) is 26.5 Å². The summed E-state index contributed by atoms with van der Waals surface area (Å²) in [7, 11) is 4.40. The van der Waals surface area contributed by atoms with Crippen molar-refractivity contribution >= 4 is 11.6 Å². The molecule has 0 saturated carbocycles. The van der Waals surface area contributed by atoms with Gasteiger partial charge >= 0.3 is 0 Å². The van der Waals surface area contributed by atoms with Crippen LogP contribution in [-0.4, -0.2) is 37.0 Å². The van der Waals surface area contributed by atoms with Crippen LogP contribution in [0, 0.1) is 0 Å². The summed E-state index contributed by atoms with van der Waals surface area (Å²) in [5.74, 6) is 0.826. The minimum atomic E-state index is 0.752. The van der Waals surface area contributed by atoms with Gasteiger partial charge in [0.25, 0.3) is 0 Å². The fraction of sp³-hybridized carbons (Fsp3) is 1.00. The number of hydrogen-bond donors (Lipinski definition) is 0. The maximum absolute atomic E-state index is 5.57. The van der Waals surface area contributed by atoms with Gasteiger partial charge in [0.1, 0.15) is 6.54 Å². The second-order valence-electron chi connectivity index (χ2n) is 2.77. The molecule has 1 unspecified atom stereocenters. The van der Waals surface area contributed by atoms with Gasteiger partial charge in [-0.1, -0.05) is 0 Å². The molecule has 0 aliphatic carbocycles. The Balaban J connectivity index is 2.30. The van der Waals surface area contributed by atoms with Gasteiger partial charge < -0.3 is 4.48 Å². The van der Waals surface area contributed by atoms with Gasteiger partial charge in [-0.25, -0.2) is 0 Å². The van der Waals surface area contributed by atoms with Gasteiger partial charge in [0.05, 0.1) is 20.0 Å². The SMILES string of the molecule is C[N+]1(C)CC1CCl. The summed E-state index contributed by atoms with van der Waals surface area (Å²) in [5.41, 5.74) is 0. The number of rotatable bonds is 1. The number of quaternary nitrogens is 1. The molecule has 0 N–H and O–H groups in total. The molecule has 7 heavy (non-hydrogen) atoms. The van der Waals surface area contributed by atoms with Gasteiger partial charge in [0, 0.05) is 0 Å². The standard InChI is InChI=1S/C5H11ClN/c1-7(2)4-5(7)3-6/h5H,3-4H2,1-2H3/q+1. The zero-order valence-electron chi connectivity index (χ0n) is 4.82. The monoisotopic (exact) mass is 120 g/mol. The van der Waals surface area contributed by atoms with Crippen LogP contribution >= 0.6 is 11.6 Å². The van der Waals surface area contributed by atoms with Gasteiger partial charge in [-0.2, -0.15) is 0 Å². The van der Waals surface area contributed by atoms with E-state index >= 15 is 0 Å². The molecule has 0 aromatic rings. The van der Waals surface area contributed by atoms with Crippen LogP contribution < -0.4 is 0 Å². The Morgan fingerprint density at radius 2 is 2.14 bits per heavy atom. The zero-order valence-corrected chi connectivity index (χ0v) is 5.57. The van der Waals surface area contributed by atoms with Crippen molar-refractivity contribution in [3.05, 3.63) is 0 Å². The first-order valence-corrected chi connectivity index (χ1v) is 3.09. The molecule has 1 nitrogen and oxygen atoms in total. The molecule has 42 valence electrons. The summed E-state index contributed by atoms with van der Waals surface area (Å²) < 4.78 is 1.13. The highest BCUT2D eigenvalue weighted by atomic mass is 35.5. The second kappa shape index (κ2) is 1.36. The second-order valence-corrected chi connectivity index (χ2v) is 3.08. The van der Waals surface area contributed by atoms with E-state index < -0.39 is 0 Å². The predicted molar refractivity (Wildman–Crippen MR) is 31.5 cm³/mol. The van der Waals surface area contributed by atoms with Crippen LogP contribution in [0.1, 0.15) is 0 Å². The van der Waals surface area contributed by atoms with Crippen molar-refractivity contribution in [2.24, 2.45) is 0 Å². The van der Waals surface area contributed by atoms with E-state index in [1.54, 1.807) is 0 Å². The highest BCUT2D eigenvalue weighted by molar-refractivity contribution is 6.18. The number of likely N-dealkylation sites (N-methyl/N-ethyl adjacent to an activating group) is 1. The number of alkyl halides is 1. The smallest absolute Gasteiger partial charge is 0.152 e. The maximum atomic E-state index is 5.57. The van der Waals surface area contributed by atoms with Crippen molar-refractivity contribution in [1.82, 2.24) is 0 Å².